The van der Waals surface area contributed by atoms with Gasteiger partial charge in [-0.1, -0.05) is 0 Å². The van der Waals surface area contributed by atoms with Gasteiger partial charge >= 0.3 is 12.3 Å². The molecule has 4 nitrogen and oxygen atoms in total. The van der Waals surface area contributed by atoms with Gasteiger partial charge in [0.1, 0.15) is 11.4 Å². The summed E-state index contributed by atoms with van der Waals surface area (Å²) in [6, 6.07) is 2.39. The Morgan fingerprint density at radius 3 is 2.35 bits per heavy atom. The average molecular weight is 374 g/mol. The highest BCUT2D eigenvalue weighted by molar-refractivity contribution is 5.70. The van der Waals surface area contributed by atoms with Gasteiger partial charge in [0.25, 0.3) is 0 Å². The Morgan fingerprint density at radius 2 is 1.81 bits per heavy atom. The van der Waals surface area contributed by atoms with Crippen molar-refractivity contribution in [3.8, 4) is 0 Å². The van der Waals surface area contributed by atoms with E-state index in [1.165, 1.54) is 0 Å². The van der Waals surface area contributed by atoms with E-state index in [9.17, 15) is 22.4 Å². The van der Waals surface area contributed by atoms with Crippen LogP contribution in [0, 0.1) is 5.82 Å². The lowest BCUT2D eigenvalue weighted by atomic mass is 9.87. The number of amides is 1. The summed E-state index contributed by atoms with van der Waals surface area (Å²) in [4.78, 5) is 15.7. The van der Waals surface area contributed by atoms with Crippen LogP contribution in [-0.2, 0) is 17.5 Å². The van der Waals surface area contributed by atoms with E-state index in [4.69, 9.17) is 4.74 Å². The van der Waals surface area contributed by atoms with E-state index in [1.807, 2.05) is 4.90 Å². The number of carbonyl (C=O) groups is 1. The number of benzene rings is 1. The van der Waals surface area contributed by atoms with Crippen LogP contribution in [0.4, 0.5) is 22.4 Å². The van der Waals surface area contributed by atoms with Gasteiger partial charge in [0.05, 0.1) is 17.6 Å². The molecule has 3 fully saturated rings. The van der Waals surface area contributed by atoms with Crippen molar-refractivity contribution in [2.45, 2.75) is 57.6 Å². The fraction of sp³-hybridized carbons (Fsp3) is 0.611. The molecule has 0 N–H and O–H groups in total. The maximum Gasteiger partial charge on any atom is 0.416 e. The van der Waals surface area contributed by atoms with Crippen LogP contribution in [0.5, 0.6) is 0 Å². The molecule has 1 amide bonds. The highest BCUT2D eigenvalue weighted by Gasteiger charge is 2.48. The number of halogens is 4. The molecular weight excluding hydrogens is 352 g/mol. The first-order chi connectivity index (χ1) is 11.9. The van der Waals surface area contributed by atoms with Gasteiger partial charge in [-0.25, -0.2) is 9.18 Å². The Labute approximate surface area is 149 Å². The van der Waals surface area contributed by atoms with E-state index in [2.05, 4.69) is 0 Å². The van der Waals surface area contributed by atoms with Crippen LogP contribution in [0.3, 0.4) is 0 Å². The minimum absolute atomic E-state index is 0.00175. The van der Waals surface area contributed by atoms with Gasteiger partial charge in [-0.3, -0.25) is 9.80 Å². The van der Waals surface area contributed by atoms with Crippen molar-refractivity contribution in [2.75, 3.05) is 13.1 Å². The predicted molar refractivity (Wildman–Crippen MR) is 86.9 cm³/mol. The lowest BCUT2D eigenvalue weighted by molar-refractivity contribution is -0.138. The number of ether oxygens (including phenoxy) is 1. The quantitative estimate of drug-likeness (QED) is 0.733. The highest BCUT2D eigenvalue weighted by atomic mass is 19.4. The zero-order valence-electron chi connectivity index (χ0n) is 14.9. The Balaban J connectivity index is 1.67. The Morgan fingerprint density at radius 1 is 1.19 bits per heavy atom. The summed E-state index contributed by atoms with van der Waals surface area (Å²) in [5, 5.41) is 0. The standard InChI is InChI=1S/C18H22F4N2O2/c1-17(2,3)26-16(25)24-13-7-14(24)10-23(9-13)8-11-6-12(19)4-5-15(11)18(20,21)22/h4-6,13-14H,7-10H2,1-3H3. The van der Waals surface area contributed by atoms with Crippen LogP contribution in [0.15, 0.2) is 18.2 Å². The number of fused-ring (bicyclic) bond motifs is 2. The first-order valence-corrected chi connectivity index (χ1v) is 8.53. The molecule has 3 saturated heterocycles. The van der Waals surface area contributed by atoms with Gasteiger partial charge in [-0.05, 0) is 51.0 Å². The number of piperazine rings is 1. The third-order valence-corrected chi connectivity index (χ3v) is 4.64. The minimum Gasteiger partial charge on any atom is -0.444 e. The summed E-state index contributed by atoms with van der Waals surface area (Å²) < 4.78 is 58.2. The zero-order chi connectivity index (χ0) is 19.3. The van der Waals surface area contributed by atoms with Crippen LogP contribution in [-0.4, -0.2) is 46.7 Å². The molecule has 26 heavy (non-hydrogen) atoms. The van der Waals surface area contributed by atoms with Crippen molar-refractivity contribution in [3.63, 3.8) is 0 Å². The lowest BCUT2D eigenvalue weighted by Crippen LogP contribution is -2.70. The molecule has 0 saturated carbocycles. The number of hydrogen-bond donors (Lipinski definition) is 0. The second-order valence-electron chi connectivity index (χ2n) is 7.92. The molecule has 3 heterocycles. The smallest absolute Gasteiger partial charge is 0.416 e. The minimum atomic E-state index is -4.52. The van der Waals surface area contributed by atoms with Crippen LogP contribution in [0.25, 0.3) is 0 Å². The Hall–Kier alpha value is -1.83. The molecule has 2 bridgehead atoms. The number of hydrogen-bond acceptors (Lipinski definition) is 3. The normalized spacial score (nSPS) is 23.6. The molecule has 4 rings (SSSR count). The molecule has 0 spiro atoms. The van der Waals surface area contributed by atoms with Gasteiger partial charge in [0.15, 0.2) is 0 Å². The zero-order valence-corrected chi connectivity index (χ0v) is 14.9. The van der Waals surface area contributed by atoms with E-state index >= 15 is 0 Å². The lowest BCUT2D eigenvalue weighted by Gasteiger charge is -2.55. The topological polar surface area (TPSA) is 32.8 Å². The van der Waals surface area contributed by atoms with Crippen LogP contribution in [0.1, 0.15) is 38.3 Å². The fourth-order valence-corrected chi connectivity index (χ4v) is 3.65. The number of nitrogens with zero attached hydrogens (tertiary/aromatic N) is 2. The molecule has 144 valence electrons. The monoisotopic (exact) mass is 374 g/mol. The van der Waals surface area contributed by atoms with Gasteiger partial charge in [0.2, 0.25) is 0 Å². The summed E-state index contributed by atoms with van der Waals surface area (Å²) in [5.74, 6) is -0.689. The maximum absolute atomic E-state index is 13.4. The summed E-state index contributed by atoms with van der Waals surface area (Å²) >= 11 is 0. The molecule has 8 heteroatoms. The van der Waals surface area contributed by atoms with E-state index in [-0.39, 0.29) is 30.3 Å². The predicted octanol–water partition coefficient (Wildman–Crippen LogP) is 4.04. The SMILES string of the molecule is CC(C)(C)OC(=O)N1C2CC1CN(Cc1cc(F)ccc1C(F)(F)F)C2. The highest BCUT2D eigenvalue weighted by Crippen LogP contribution is 2.37. The van der Waals surface area contributed by atoms with E-state index in [1.54, 1.807) is 25.7 Å². The number of carbonyl (C=O) groups excluding carboxylic acids is 1. The van der Waals surface area contributed by atoms with Crippen LogP contribution in [0.2, 0.25) is 0 Å². The Bertz CT molecular complexity index is 687. The van der Waals surface area contributed by atoms with Crippen molar-refractivity contribution < 1.29 is 27.1 Å². The van der Waals surface area contributed by atoms with Crippen molar-refractivity contribution in [1.82, 2.24) is 9.80 Å². The molecule has 2 atom stereocenters. The molecule has 2 unspecified atom stereocenters. The summed E-state index contributed by atoms with van der Waals surface area (Å²) in [7, 11) is 0. The van der Waals surface area contributed by atoms with Gasteiger partial charge in [0, 0.05) is 19.6 Å². The van der Waals surface area contributed by atoms with Crippen molar-refractivity contribution in [3.05, 3.63) is 35.1 Å². The molecule has 1 aromatic rings. The summed E-state index contributed by atoms with van der Waals surface area (Å²) in [5.41, 5.74) is -1.49. The van der Waals surface area contributed by atoms with Crippen molar-refractivity contribution in [2.24, 2.45) is 0 Å². The largest absolute Gasteiger partial charge is 0.444 e. The van der Waals surface area contributed by atoms with E-state index in [0.717, 1.165) is 24.6 Å². The van der Waals surface area contributed by atoms with Crippen molar-refractivity contribution in [1.29, 1.82) is 0 Å². The van der Waals surface area contributed by atoms with E-state index in [0.29, 0.717) is 13.1 Å². The van der Waals surface area contributed by atoms with E-state index < -0.39 is 23.2 Å². The summed E-state index contributed by atoms with van der Waals surface area (Å²) in [6.45, 7) is 6.26. The average Bonchev–Trinajstić information content (AvgIpc) is 2.43. The maximum atomic E-state index is 13.4. The molecule has 0 aromatic heterocycles. The third kappa shape index (κ3) is 3.95. The van der Waals surface area contributed by atoms with Crippen LogP contribution < -0.4 is 0 Å². The second kappa shape index (κ2) is 6.40. The van der Waals surface area contributed by atoms with Crippen molar-refractivity contribution >= 4 is 6.09 Å². The number of piperidine rings is 1. The molecule has 3 aliphatic heterocycles. The van der Waals surface area contributed by atoms with Gasteiger partial charge in [-0.2, -0.15) is 13.2 Å². The van der Waals surface area contributed by atoms with Gasteiger partial charge in [-0.15, -0.1) is 0 Å². The molecular formula is C18H22F4N2O2. The molecule has 0 aliphatic carbocycles. The Kier molecular flexibility index (Phi) is 4.67. The number of alkyl halides is 3. The first-order valence-electron chi connectivity index (χ1n) is 8.53. The molecule has 1 aromatic carbocycles. The first kappa shape index (κ1) is 18.9. The second-order valence-corrected chi connectivity index (χ2v) is 7.92. The third-order valence-electron chi connectivity index (χ3n) is 4.64. The molecule has 0 radical (unpaired) electrons. The van der Waals surface area contributed by atoms with Crippen LogP contribution >= 0.6 is 0 Å². The summed E-state index contributed by atoms with van der Waals surface area (Å²) in [6.07, 6.45) is -4.10. The van der Waals surface area contributed by atoms with Gasteiger partial charge < -0.3 is 4.74 Å². The number of rotatable bonds is 2. The molecule has 3 aliphatic rings. The fourth-order valence-electron chi connectivity index (χ4n) is 3.65.